The third-order valence-electron chi connectivity index (χ3n) is 6.05. The first-order valence-corrected chi connectivity index (χ1v) is 10.1. The van der Waals surface area contributed by atoms with E-state index in [1.807, 2.05) is 27.7 Å². The molecule has 31 heavy (non-hydrogen) atoms. The van der Waals surface area contributed by atoms with E-state index in [0.717, 1.165) is 0 Å². The van der Waals surface area contributed by atoms with E-state index in [0.29, 0.717) is 34.1 Å². The van der Waals surface area contributed by atoms with Crippen LogP contribution in [0.2, 0.25) is 0 Å². The molecule has 4 heterocycles. The van der Waals surface area contributed by atoms with Crippen LogP contribution in [-0.4, -0.2) is 26.4 Å². The quantitative estimate of drug-likeness (QED) is 0.716. The molecule has 9 nitrogen and oxygen atoms in total. The van der Waals surface area contributed by atoms with E-state index in [1.165, 1.54) is 26.4 Å². The van der Waals surface area contributed by atoms with Crippen molar-refractivity contribution in [1.29, 1.82) is 0 Å². The van der Waals surface area contributed by atoms with E-state index in [2.05, 4.69) is 0 Å². The van der Waals surface area contributed by atoms with Gasteiger partial charge in [-0.05, 0) is 13.8 Å². The van der Waals surface area contributed by atoms with Gasteiger partial charge in [-0.15, -0.1) is 0 Å². The summed E-state index contributed by atoms with van der Waals surface area (Å²) < 4.78 is 40.3. The van der Waals surface area contributed by atoms with Crippen molar-refractivity contribution in [2.45, 2.75) is 64.3 Å². The first kappa shape index (κ1) is 21.6. The Morgan fingerprint density at radius 1 is 0.710 bits per heavy atom. The lowest BCUT2D eigenvalue weighted by atomic mass is 9.93. The summed E-state index contributed by atoms with van der Waals surface area (Å²) >= 11 is 0. The van der Waals surface area contributed by atoms with Crippen LogP contribution in [0.4, 0.5) is 0 Å². The number of fused-ring (bicyclic) bond motifs is 2. The average molecular weight is 434 g/mol. The van der Waals surface area contributed by atoms with Crippen molar-refractivity contribution >= 4 is 0 Å². The van der Waals surface area contributed by atoms with Crippen molar-refractivity contribution in [3.63, 3.8) is 0 Å². The Morgan fingerprint density at radius 3 is 1.45 bits per heavy atom. The Hall–Kier alpha value is -2.62. The average Bonchev–Trinajstić information content (AvgIpc) is 2.73. The summed E-state index contributed by atoms with van der Waals surface area (Å²) in [6.45, 7) is 7.53. The van der Waals surface area contributed by atoms with Gasteiger partial charge in [-0.1, -0.05) is 13.8 Å². The number of ether oxygens (including phenoxy) is 5. The van der Waals surface area contributed by atoms with Crippen LogP contribution >= 0.6 is 0 Å². The highest BCUT2D eigenvalue weighted by Crippen LogP contribution is 2.48. The highest BCUT2D eigenvalue weighted by atomic mass is 16.8. The van der Waals surface area contributed by atoms with Crippen molar-refractivity contribution in [3.8, 4) is 11.5 Å². The van der Waals surface area contributed by atoms with Gasteiger partial charge in [0.15, 0.2) is 12.6 Å². The molecule has 0 aromatic carbocycles. The molecule has 0 saturated carbocycles. The van der Waals surface area contributed by atoms with Gasteiger partial charge in [-0.2, -0.15) is 0 Å². The Balaban J connectivity index is 1.81. The molecule has 0 aliphatic carbocycles. The SMILES string of the molecule is COc1cc(=O)oc2c1C(OC1OC(C)C(C)c3oc(=O)cc(OC)c31)OC(C)C2C. The van der Waals surface area contributed by atoms with E-state index >= 15 is 0 Å². The molecule has 0 N–H and O–H groups in total. The molecule has 168 valence electrons. The molecular weight excluding hydrogens is 408 g/mol. The van der Waals surface area contributed by atoms with Crippen LogP contribution in [0.3, 0.4) is 0 Å². The minimum atomic E-state index is -0.949. The summed E-state index contributed by atoms with van der Waals surface area (Å²) in [6, 6.07) is 2.50. The van der Waals surface area contributed by atoms with Gasteiger partial charge in [-0.3, -0.25) is 0 Å². The summed E-state index contributed by atoms with van der Waals surface area (Å²) in [7, 11) is 2.92. The van der Waals surface area contributed by atoms with Crippen LogP contribution in [-0.2, 0) is 14.2 Å². The Bertz CT molecular complexity index is 1000. The van der Waals surface area contributed by atoms with Crippen LogP contribution in [0.25, 0.3) is 0 Å². The van der Waals surface area contributed by atoms with Crippen molar-refractivity contribution in [2.75, 3.05) is 14.2 Å². The molecule has 2 aliphatic rings. The van der Waals surface area contributed by atoms with Crippen LogP contribution in [0.1, 0.15) is 74.8 Å². The molecule has 6 atom stereocenters. The monoisotopic (exact) mass is 434 g/mol. The van der Waals surface area contributed by atoms with E-state index in [-0.39, 0.29) is 24.0 Å². The van der Waals surface area contributed by atoms with E-state index < -0.39 is 23.8 Å². The first-order chi connectivity index (χ1) is 14.7. The number of hydrogen-bond donors (Lipinski definition) is 0. The fourth-order valence-corrected chi connectivity index (χ4v) is 3.98. The van der Waals surface area contributed by atoms with E-state index in [1.54, 1.807) is 0 Å². The van der Waals surface area contributed by atoms with Gasteiger partial charge in [0.05, 0.1) is 49.7 Å². The molecule has 9 heteroatoms. The Kier molecular flexibility index (Phi) is 5.67. The fraction of sp³-hybridized carbons (Fsp3) is 0.545. The highest BCUT2D eigenvalue weighted by molar-refractivity contribution is 5.40. The Morgan fingerprint density at radius 2 is 1.10 bits per heavy atom. The lowest BCUT2D eigenvalue weighted by molar-refractivity contribution is -0.289. The first-order valence-electron chi connectivity index (χ1n) is 10.1. The molecule has 0 fully saturated rings. The second kappa shape index (κ2) is 8.14. The van der Waals surface area contributed by atoms with Crippen LogP contribution in [0, 0.1) is 0 Å². The van der Waals surface area contributed by atoms with Gasteiger partial charge < -0.3 is 32.5 Å². The third kappa shape index (κ3) is 3.66. The van der Waals surface area contributed by atoms with Crippen LogP contribution in [0.15, 0.2) is 30.6 Å². The Labute approximate surface area is 178 Å². The molecular formula is C22H26O9. The zero-order chi connectivity index (χ0) is 22.4. The van der Waals surface area contributed by atoms with Crippen molar-refractivity contribution in [2.24, 2.45) is 0 Å². The van der Waals surface area contributed by atoms with Gasteiger partial charge in [-0.25, -0.2) is 9.59 Å². The topological polar surface area (TPSA) is 107 Å². The predicted octanol–water partition coefficient (Wildman–Crippen LogP) is 3.37. The third-order valence-corrected chi connectivity index (χ3v) is 6.05. The maximum absolute atomic E-state index is 12.0. The molecule has 0 radical (unpaired) electrons. The zero-order valence-corrected chi connectivity index (χ0v) is 18.3. The largest absolute Gasteiger partial charge is 0.496 e. The van der Waals surface area contributed by atoms with E-state index in [9.17, 15) is 9.59 Å². The zero-order valence-electron chi connectivity index (χ0n) is 18.3. The van der Waals surface area contributed by atoms with Crippen molar-refractivity contribution in [3.05, 3.63) is 55.6 Å². The number of hydrogen-bond acceptors (Lipinski definition) is 9. The molecule has 4 rings (SSSR count). The second-order valence-electron chi connectivity index (χ2n) is 7.88. The molecule has 2 aromatic rings. The fourth-order valence-electron chi connectivity index (χ4n) is 3.98. The second-order valence-corrected chi connectivity index (χ2v) is 7.88. The highest BCUT2D eigenvalue weighted by Gasteiger charge is 2.42. The van der Waals surface area contributed by atoms with Crippen molar-refractivity contribution < 1.29 is 32.5 Å². The van der Waals surface area contributed by atoms with Gasteiger partial charge in [0, 0.05) is 11.8 Å². The maximum Gasteiger partial charge on any atom is 0.339 e. The van der Waals surface area contributed by atoms with Gasteiger partial charge >= 0.3 is 11.3 Å². The molecule has 2 aliphatic heterocycles. The minimum absolute atomic E-state index is 0.191. The normalized spacial score (nSPS) is 29.7. The standard InChI is InChI=1S/C22H26O9/c1-9-11(3)27-21(17-13(25-5)7-15(23)29-19(9)17)31-22-18-14(26-6)8-16(24)30-20(18)10(2)12(4)28-22/h7-12,21-22H,1-6H3. The molecule has 0 spiro atoms. The van der Waals surface area contributed by atoms with Gasteiger partial charge in [0.2, 0.25) is 0 Å². The van der Waals surface area contributed by atoms with Gasteiger partial charge in [0.1, 0.15) is 23.0 Å². The summed E-state index contributed by atoms with van der Waals surface area (Å²) in [6.07, 6.45) is -2.50. The predicted molar refractivity (Wildman–Crippen MR) is 108 cm³/mol. The summed E-state index contributed by atoms with van der Waals surface area (Å²) in [5, 5.41) is 0. The molecule has 0 saturated heterocycles. The number of methoxy groups -OCH3 is 2. The summed E-state index contributed by atoms with van der Waals surface area (Å²) in [5.74, 6) is 1.11. The van der Waals surface area contributed by atoms with Crippen LogP contribution < -0.4 is 20.7 Å². The van der Waals surface area contributed by atoms with Gasteiger partial charge in [0.25, 0.3) is 0 Å². The van der Waals surface area contributed by atoms with E-state index in [4.69, 9.17) is 32.5 Å². The molecule has 2 aromatic heterocycles. The summed E-state index contributed by atoms with van der Waals surface area (Å²) in [5.41, 5.74) is -0.0538. The van der Waals surface area contributed by atoms with Crippen LogP contribution in [0.5, 0.6) is 11.5 Å². The molecule has 0 amide bonds. The number of rotatable bonds is 4. The smallest absolute Gasteiger partial charge is 0.339 e. The lowest BCUT2D eigenvalue weighted by Crippen LogP contribution is -2.34. The lowest BCUT2D eigenvalue weighted by Gasteiger charge is -2.39. The maximum atomic E-state index is 12.0. The molecule has 6 unspecified atom stereocenters. The molecule has 0 bridgehead atoms. The summed E-state index contributed by atoms with van der Waals surface area (Å²) in [4.78, 5) is 24.0. The minimum Gasteiger partial charge on any atom is -0.496 e. The van der Waals surface area contributed by atoms with Crippen molar-refractivity contribution in [1.82, 2.24) is 0 Å².